The second-order valence-corrected chi connectivity index (χ2v) is 8.82. The molecule has 3 heterocycles. The van der Waals surface area contributed by atoms with Crippen molar-refractivity contribution >= 4 is 17.2 Å². The molecule has 150 valence electrons. The van der Waals surface area contributed by atoms with Gasteiger partial charge in [0.2, 0.25) is 0 Å². The van der Waals surface area contributed by atoms with E-state index in [1.807, 2.05) is 28.5 Å². The second-order valence-electron chi connectivity index (χ2n) is 7.93. The van der Waals surface area contributed by atoms with Gasteiger partial charge in [-0.3, -0.25) is 4.79 Å². The Balaban J connectivity index is 1.41. The molecule has 0 saturated carbocycles. The van der Waals surface area contributed by atoms with Crippen LogP contribution in [0.15, 0.2) is 35.7 Å². The highest BCUT2D eigenvalue weighted by Crippen LogP contribution is 2.30. The summed E-state index contributed by atoms with van der Waals surface area (Å²) in [6.45, 7) is 3.90. The molecule has 6 nitrogen and oxygen atoms in total. The summed E-state index contributed by atoms with van der Waals surface area (Å²) in [7, 11) is 2.13. The lowest BCUT2D eigenvalue weighted by Crippen LogP contribution is -2.57. The molecule has 1 atom stereocenters. The fourth-order valence-electron chi connectivity index (χ4n) is 4.02. The fraction of sp³-hybridized carbons (Fsp3) is 0.524. The van der Waals surface area contributed by atoms with E-state index >= 15 is 0 Å². The van der Waals surface area contributed by atoms with Gasteiger partial charge >= 0.3 is 0 Å². The highest BCUT2D eigenvalue weighted by molar-refractivity contribution is 7.09. The van der Waals surface area contributed by atoms with Crippen molar-refractivity contribution in [2.45, 2.75) is 30.9 Å². The predicted octanol–water partition coefficient (Wildman–Crippen LogP) is 2.32. The van der Waals surface area contributed by atoms with Gasteiger partial charge < -0.3 is 20.3 Å². The summed E-state index contributed by atoms with van der Waals surface area (Å²) in [5.74, 6) is -0.00369. The van der Waals surface area contributed by atoms with Gasteiger partial charge in [0.15, 0.2) is 0 Å². The summed E-state index contributed by atoms with van der Waals surface area (Å²) < 4.78 is 6.12. The van der Waals surface area contributed by atoms with Crippen LogP contribution in [0.3, 0.4) is 0 Å². The van der Waals surface area contributed by atoms with Crippen LogP contribution < -0.4 is 5.73 Å². The zero-order valence-electron chi connectivity index (χ0n) is 16.3. The number of amides is 1. The molecule has 1 amide bonds. The van der Waals surface area contributed by atoms with E-state index in [0.717, 1.165) is 37.4 Å². The van der Waals surface area contributed by atoms with Crippen LogP contribution in [-0.4, -0.2) is 66.1 Å². The number of hydrogen-bond donors (Lipinski definition) is 1. The lowest BCUT2D eigenvalue weighted by molar-refractivity contribution is -0.125. The summed E-state index contributed by atoms with van der Waals surface area (Å²) in [4.78, 5) is 21.9. The molecule has 28 heavy (non-hydrogen) atoms. The van der Waals surface area contributed by atoms with Crippen molar-refractivity contribution in [1.82, 2.24) is 14.8 Å². The Morgan fingerprint density at radius 3 is 2.79 bits per heavy atom. The third-order valence-corrected chi connectivity index (χ3v) is 6.77. The molecular formula is C21H28N4O2S. The molecule has 1 aromatic heterocycles. The summed E-state index contributed by atoms with van der Waals surface area (Å²) in [5, 5.41) is 2.66. The number of carbonyl (C=O) groups is 1. The number of nitrogens with zero attached hydrogens (tertiary/aromatic N) is 3. The molecule has 2 saturated heterocycles. The maximum atomic E-state index is 13.0. The summed E-state index contributed by atoms with van der Waals surface area (Å²) in [6.07, 6.45) is 2.66. The molecular weight excluding hydrogens is 372 g/mol. The van der Waals surface area contributed by atoms with E-state index < -0.39 is 0 Å². The van der Waals surface area contributed by atoms with E-state index in [2.05, 4.69) is 29.1 Å². The van der Waals surface area contributed by atoms with Crippen molar-refractivity contribution in [2.75, 3.05) is 39.8 Å². The van der Waals surface area contributed by atoms with Gasteiger partial charge in [-0.15, -0.1) is 11.3 Å². The number of morpholine rings is 1. The number of aromatic nitrogens is 1. The van der Waals surface area contributed by atoms with E-state index in [9.17, 15) is 4.79 Å². The molecule has 4 rings (SSSR count). The van der Waals surface area contributed by atoms with Crippen LogP contribution in [-0.2, 0) is 11.2 Å². The van der Waals surface area contributed by atoms with Crippen LogP contribution in [0.1, 0.15) is 39.9 Å². The minimum atomic E-state index is -0.195. The first kappa shape index (κ1) is 19.5. The Bertz CT molecular complexity index is 802. The van der Waals surface area contributed by atoms with Gasteiger partial charge in [-0.2, -0.15) is 0 Å². The van der Waals surface area contributed by atoms with Crippen molar-refractivity contribution in [3.8, 4) is 0 Å². The quantitative estimate of drug-likeness (QED) is 0.853. The van der Waals surface area contributed by atoms with E-state index in [1.165, 1.54) is 16.9 Å². The maximum absolute atomic E-state index is 13.0. The van der Waals surface area contributed by atoms with Crippen LogP contribution in [0.5, 0.6) is 0 Å². The van der Waals surface area contributed by atoms with Gasteiger partial charge in [-0.25, -0.2) is 4.98 Å². The molecule has 0 radical (unpaired) electrons. The van der Waals surface area contributed by atoms with E-state index in [4.69, 9.17) is 10.5 Å². The lowest BCUT2D eigenvalue weighted by atomic mass is 9.89. The number of benzene rings is 1. The number of thiazole rings is 1. The van der Waals surface area contributed by atoms with Crippen molar-refractivity contribution in [3.63, 3.8) is 0 Å². The van der Waals surface area contributed by atoms with Crippen LogP contribution >= 0.6 is 11.3 Å². The molecule has 7 heteroatoms. The summed E-state index contributed by atoms with van der Waals surface area (Å²) >= 11 is 1.48. The molecule has 2 fully saturated rings. The molecule has 1 spiro atoms. The van der Waals surface area contributed by atoms with Gasteiger partial charge in [0, 0.05) is 25.0 Å². The minimum absolute atomic E-state index is 0.00369. The number of ether oxygens (including phenoxy) is 1. The minimum Gasteiger partial charge on any atom is -0.371 e. The molecule has 1 aromatic carbocycles. The first-order valence-electron chi connectivity index (χ1n) is 9.91. The Morgan fingerprint density at radius 2 is 2.04 bits per heavy atom. The first-order valence-corrected chi connectivity index (χ1v) is 10.8. The van der Waals surface area contributed by atoms with Crippen LogP contribution in [0.4, 0.5) is 0 Å². The monoisotopic (exact) mass is 400 g/mol. The van der Waals surface area contributed by atoms with Gasteiger partial charge in [-0.05, 0) is 31.9 Å². The zero-order chi connectivity index (χ0) is 19.6. The van der Waals surface area contributed by atoms with Gasteiger partial charge in [0.25, 0.3) is 5.91 Å². The van der Waals surface area contributed by atoms with E-state index in [-0.39, 0.29) is 17.6 Å². The number of rotatable bonds is 4. The topological polar surface area (TPSA) is 71.7 Å². The van der Waals surface area contributed by atoms with Crippen LogP contribution in [0.2, 0.25) is 0 Å². The molecule has 0 bridgehead atoms. The second kappa shape index (κ2) is 8.29. The average Bonchev–Trinajstić information content (AvgIpc) is 3.21. The molecule has 2 N–H and O–H groups in total. The largest absolute Gasteiger partial charge is 0.371 e. The highest BCUT2D eigenvalue weighted by atomic mass is 32.1. The van der Waals surface area contributed by atoms with Crippen molar-refractivity contribution in [2.24, 2.45) is 5.73 Å². The molecule has 2 aromatic rings. The zero-order valence-corrected chi connectivity index (χ0v) is 17.2. The third kappa shape index (κ3) is 4.27. The Morgan fingerprint density at radius 1 is 1.29 bits per heavy atom. The lowest BCUT2D eigenvalue weighted by Gasteiger charge is -2.46. The normalized spacial score (nSPS) is 21.0. The van der Waals surface area contributed by atoms with Gasteiger partial charge in [0.05, 0.1) is 24.8 Å². The summed E-state index contributed by atoms with van der Waals surface area (Å²) in [6, 6.07) is 9.95. The Hall–Kier alpha value is -1.80. The highest BCUT2D eigenvalue weighted by Gasteiger charge is 2.40. The van der Waals surface area contributed by atoms with Gasteiger partial charge in [0.1, 0.15) is 10.7 Å². The molecule has 0 aliphatic carbocycles. The Kier molecular flexibility index (Phi) is 5.78. The van der Waals surface area contributed by atoms with Crippen LogP contribution in [0, 0.1) is 0 Å². The maximum Gasteiger partial charge on any atom is 0.273 e. The third-order valence-electron chi connectivity index (χ3n) is 5.79. The van der Waals surface area contributed by atoms with Crippen molar-refractivity contribution in [3.05, 3.63) is 52.0 Å². The number of carbonyl (C=O) groups excluding carboxylic acids is 1. The standard InChI is InChI=1S/C21H28N4O2S/c1-24-9-7-21(8-10-24)15-25(11-12-27-21)20(26)18-14-28-19(23-18)17(22)13-16-5-3-2-4-6-16/h2-6,14,17H,7-13,15,22H2,1H3/t17-/m0/s1. The van der Waals surface area contributed by atoms with E-state index in [1.54, 1.807) is 0 Å². The average molecular weight is 401 g/mol. The number of piperidine rings is 1. The SMILES string of the molecule is CN1CCC2(CC1)CN(C(=O)c1csc([C@@H](N)Cc3ccccc3)n1)CCO2. The van der Waals surface area contributed by atoms with Crippen molar-refractivity contribution < 1.29 is 9.53 Å². The predicted molar refractivity (Wildman–Crippen MR) is 111 cm³/mol. The molecule has 2 aliphatic heterocycles. The van der Waals surface area contributed by atoms with E-state index in [0.29, 0.717) is 25.4 Å². The molecule has 0 unspecified atom stereocenters. The fourth-order valence-corrected chi connectivity index (χ4v) is 4.82. The number of nitrogens with two attached hydrogens (primary N) is 1. The Labute approximate surface area is 170 Å². The van der Waals surface area contributed by atoms with Crippen molar-refractivity contribution in [1.29, 1.82) is 0 Å². The number of hydrogen-bond acceptors (Lipinski definition) is 6. The smallest absolute Gasteiger partial charge is 0.273 e. The summed E-state index contributed by atoms with van der Waals surface area (Å²) in [5.41, 5.74) is 7.83. The molecule has 2 aliphatic rings. The first-order chi connectivity index (χ1) is 13.5. The number of likely N-dealkylation sites (tertiary alicyclic amines) is 1. The van der Waals surface area contributed by atoms with Gasteiger partial charge in [-0.1, -0.05) is 30.3 Å². The van der Waals surface area contributed by atoms with Crippen LogP contribution in [0.25, 0.3) is 0 Å².